The number of thioether (sulfide) groups is 1. The van der Waals surface area contributed by atoms with Crippen LogP contribution in [0.1, 0.15) is 11.8 Å². The molecule has 0 radical (unpaired) electrons. The lowest BCUT2D eigenvalue weighted by Gasteiger charge is -1.88. The van der Waals surface area contributed by atoms with Crippen molar-refractivity contribution in [3.05, 3.63) is 23.6 Å². The molecule has 0 aliphatic heterocycles. The Kier molecular flexibility index (Phi) is 2.57. The second-order valence-corrected chi connectivity index (χ2v) is 4.29. The van der Waals surface area contributed by atoms with Crippen LogP contribution in [-0.4, -0.2) is 6.26 Å². The first-order valence-corrected chi connectivity index (χ1v) is 5.08. The monoisotopic (exact) mass is 170 g/mol. The Balaban J connectivity index is 2.88. The van der Waals surface area contributed by atoms with E-state index >= 15 is 0 Å². The molecule has 0 unspecified atom stereocenters. The molecule has 0 spiro atoms. The molecule has 0 saturated heterocycles. The Labute approximate surface area is 70.0 Å². The van der Waals surface area contributed by atoms with Crippen LogP contribution < -0.4 is 0 Å². The molecule has 54 valence electrons. The zero-order valence-electron chi connectivity index (χ0n) is 6.18. The van der Waals surface area contributed by atoms with Crippen molar-refractivity contribution >= 4 is 28.7 Å². The second kappa shape index (κ2) is 3.26. The quantitative estimate of drug-likeness (QED) is 0.612. The van der Waals surface area contributed by atoms with Gasteiger partial charge in [-0.05, 0) is 30.9 Å². The third-order valence-corrected chi connectivity index (χ3v) is 3.53. The lowest BCUT2D eigenvalue weighted by atomic mass is 10.3. The van der Waals surface area contributed by atoms with Gasteiger partial charge in [-0.25, -0.2) is 0 Å². The third kappa shape index (κ3) is 1.64. The molecule has 2 heteroatoms. The summed E-state index contributed by atoms with van der Waals surface area (Å²) >= 11 is 3.59. The molecule has 0 N–H and O–H groups in total. The fourth-order valence-electron chi connectivity index (χ4n) is 0.659. The Morgan fingerprint density at radius 1 is 1.60 bits per heavy atom. The van der Waals surface area contributed by atoms with E-state index in [1.54, 1.807) is 23.1 Å². The topological polar surface area (TPSA) is 0 Å². The predicted molar refractivity (Wildman–Crippen MR) is 50.8 cm³/mol. The van der Waals surface area contributed by atoms with E-state index in [0.29, 0.717) is 0 Å². The van der Waals surface area contributed by atoms with Crippen molar-refractivity contribution in [1.29, 1.82) is 0 Å². The highest BCUT2D eigenvalue weighted by atomic mass is 32.2. The molecule has 1 heterocycles. The maximum absolute atomic E-state index is 3.87. The summed E-state index contributed by atoms with van der Waals surface area (Å²) in [6.07, 6.45) is 2.09. The van der Waals surface area contributed by atoms with E-state index in [1.165, 1.54) is 9.09 Å². The van der Waals surface area contributed by atoms with Crippen molar-refractivity contribution in [2.75, 3.05) is 6.26 Å². The van der Waals surface area contributed by atoms with Crippen LogP contribution in [0.15, 0.2) is 22.9 Å². The van der Waals surface area contributed by atoms with Gasteiger partial charge in [0.2, 0.25) is 0 Å². The van der Waals surface area contributed by atoms with Crippen molar-refractivity contribution in [3.63, 3.8) is 0 Å². The summed E-state index contributed by atoms with van der Waals surface area (Å²) in [4.78, 5) is 1.30. The lowest BCUT2D eigenvalue weighted by molar-refractivity contribution is 1.71. The molecular weight excluding hydrogens is 160 g/mol. The van der Waals surface area contributed by atoms with Crippen LogP contribution in [0.25, 0.3) is 5.57 Å². The number of thiophene rings is 1. The first-order valence-electron chi connectivity index (χ1n) is 3.03. The molecule has 0 nitrogen and oxygen atoms in total. The SMILES string of the molecule is C=C(C)c1ccc(SC)s1. The first kappa shape index (κ1) is 7.89. The summed E-state index contributed by atoms with van der Waals surface area (Å²) in [6, 6.07) is 4.26. The van der Waals surface area contributed by atoms with Gasteiger partial charge in [0.1, 0.15) is 0 Å². The van der Waals surface area contributed by atoms with Gasteiger partial charge in [-0.3, -0.25) is 0 Å². The smallest absolute Gasteiger partial charge is 0.0602 e. The Morgan fingerprint density at radius 3 is 2.60 bits per heavy atom. The highest BCUT2D eigenvalue weighted by Gasteiger charge is 1.97. The van der Waals surface area contributed by atoms with Gasteiger partial charge < -0.3 is 0 Å². The standard InChI is InChI=1S/C8H10S2/c1-6(2)7-4-5-8(9-3)10-7/h4-5H,1H2,2-3H3. The molecule has 0 amide bonds. The van der Waals surface area contributed by atoms with Crippen LogP contribution in [0, 0.1) is 0 Å². The predicted octanol–water partition coefficient (Wildman–Crippen LogP) is 3.50. The van der Waals surface area contributed by atoms with Gasteiger partial charge in [0, 0.05) is 4.88 Å². The van der Waals surface area contributed by atoms with E-state index in [2.05, 4.69) is 25.0 Å². The van der Waals surface area contributed by atoms with Crippen molar-refractivity contribution in [1.82, 2.24) is 0 Å². The zero-order valence-corrected chi connectivity index (χ0v) is 7.81. The maximum Gasteiger partial charge on any atom is 0.0602 e. The van der Waals surface area contributed by atoms with Crippen molar-refractivity contribution in [2.45, 2.75) is 11.1 Å². The van der Waals surface area contributed by atoms with Crippen LogP contribution in [0.3, 0.4) is 0 Å². The van der Waals surface area contributed by atoms with Gasteiger partial charge in [-0.2, -0.15) is 0 Å². The van der Waals surface area contributed by atoms with Crippen LogP contribution >= 0.6 is 23.1 Å². The molecule has 0 atom stereocenters. The minimum absolute atomic E-state index is 1.16. The average Bonchev–Trinajstić information content (AvgIpc) is 2.34. The van der Waals surface area contributed by atoms with Gasteiger partial charge in [0.05, 0.1) is 4.21 Å². The molecular formula is C8H10S2. The summed E-state index contributed by atoms with van der Waals surface area (Å²) in [5, 5.41) is 0. The highest BCUT2D eigenvalue weighted by Crippen LogP contribution is 2.28. The fraction of sp³-hybridized carbons (Fsp3) is 0.250. The van der Waals surface area contributed by atoms with Crippen LogP contribution in [0.5, 0.6) is 0 Å². The summed E-state index contributed by atoms with van der Waals surface area (Å²) in [6.45, 7) is 5.91. The molecule has 1 aromatic heterocycles. The molecule has 0 aliphatic carbocycles. The average molecular weight is 170 g/mol. The van der Waals surface area contributed by atoms with Gasteiger partial charge in [0.25, 0.3) is 0 Å². The Morgan fingerprint density at radius 2 is 2.30 bits per heavy atom. The third-order valence-electron chi connectivity index (χ3n) is 1.20. The molecule has 0 saturated carbocycles. The number of rotatable bonds is 2. The van der Waals surface area contributed by atoms with E-state index < -0.39 is 0 Å². The summed E-state index contributed by atoms with van der Waals surface area (Å²) in [5.74, 6) is 0. The molecule has 0 fully saturated rings. The van der Waals surface area contributed by atoms with Gasteiger partial charge in [-0.1, -0.05) is 6.58 Å². The normalized spacial score (nSPS) is 9.80. The Bertz CT molecular complexity index is 235. The molecule has 10 heavy (non-hydrogen) atoms. The molecule has 1 aromatic rings. The molecule has 1 rings (SSSR count). The maximum atomic E-state index is 3.87. The molecule has 0 bridgehead atoms. The van der Waals surface area contributed by atoms with Crippen LogP contribution in [0.4, 0.5) is 0 Å². The van der Waals surface area contributed by atoms with E-state index in [9.17, 15) is 0 Å². The van der Waals surface area contributed by atoms with Gasteiger partial charge in [0.15, 0.2) is 0 Å². The van der Waals surface area contributed by atoms with Gasteiger partial charge >= 0.3 is 0 Å². The zero-order chi connectivity index (χ0) is 7.56. The number of hydrogen-bond acceptors (Lipinski definition) is 2. The summed E-state index contributed by atoms with van der Waals surface area (Å²) in [5.41, 5.74) is 1.16. The largest absolute Gasteiger partial charge is 0.129 e. The Hall–Kier alpha value is -0.210. The first-order chi connectivity index (χ1) is 4.74. The van der Waals surface area contributed by atoms with Gasteiger partial charge in [-0.15, -0.1) is 23.1 Å². The lowest BCUT2D eigenvalue weighted by Crippen LogP contribution is -1.62. The number of allylic oxidation sites excluding steroid dienone is 1. The minimum Gasteiger partial charge on any atom is -0.129 e. The van der Waals surface area contributed by atoms with Crippen molar-refractivity contribution in [3.8, 4) is 0 Å². The fourth-order valence-corrected chi connectivity index (χ4v) is 2.13. The molecule has 0 aliphatic rings. The summed E-state index contributed by atoms with van der Waals surface area (Å²) < 4.78 is 1.36. The highest BCUT2D eigenvalue weighted by molar-refractivity contribution is 8.00. The van der Waals surface area contributed by atoms with E-state index in [4.69, 9.17) is 0 Å². The number of hydrogen-bond donors (Lipinski definition) is 0. The van der Waals surface area contributed by atoms with E-state index in [1.807, 2.05) is 6.92 Å². The summed E-state index contributed by atoms with van der Waals surface area (Å²) in [7, 11) is 0. The van der Waals surface area contributed by atoms with Crippen LogP contribution in [0.2, 0.25) is 0 Å². The minimum atomic E-state index is 1.16. The molecule has 0 aromatic carbocycles. The van der Waals surface area contributed by atoms with Crippen LogP contribution in [-0.2, 0) is 0 Å². The van der Waals surface area contributed by atoms with E-state index in [-0.39, 0.29) is 0 Å². The van der Waals surface area contributed by atoms with Crippen molar-refractivity contribution < 1.29 is 0 Å². The van der Waals surface area contributed by atoms with Crippen molar-refractivity contribution in [2.24, 2.45) is 0 Å². The second-order valence-electron chi connectivity index (χ2n) is 2.10. The van der Waals surface area contributed by atoms with E-state index in [0.717, 1.165) is 5.57 Å².